The summed E-state index contributed by atoms with van der Waals surface area (Å²) in [6, 6.07) is 11.5. The topological polar surface area (TPSA) is 46.9 Å². The number of benzene rings is 2. The Bertz CT molecular complexity index is 896. The first-order chi connectivity index (χ1) is 12.5. The Hall–Kier alpha value is -2.67. The van der Waals surface area contributed by atoms with Gasteiger partial charge in [-0.2, -0.15) is 0 Å². The normalized spacial score (nSPS) is 12.0. The van der Waals surface area contributed by atoms with Crippen LogP contribution < -0.4 is 5.32 Å². The number of aryl methyl sites for hydroxylation is 1. The minimum Gasteiger partial charge on any atom is -0.341 e. The zero-order valence-electron chi connectivity index (χ0n) is 14.0. The van der Waals surface area contributed by atoms with Crippen LogP contribution in [0.1, 0.15) is 17.4 Å². The summed E-state index contributed by atoms with van der Waals surface area (Å²) in [5.41, 5.74) is 0.349. The Morgan fingerprint density at radius 2 is 1.92 bits per heavy atom. The third-order valence-electron chi connectivity index (χ3n) is 3.82. The molecule has 3 rings (SSSR count). The second-order valence-corrected chi connectivity index (χ2v) is 6.71. The summed E-state index contributed by atoms with van der Waals surface area (Å²) < 4.78 is 29.0. The summed E-state index contributed by atoms with van der Waals surface area (Å²) in [6.45, 7) is 0. The van der Waals surface area contributed by atoms with Crippen LogP contribution in [0.3, 0.4) is 0 Å². The van der Waals surface area contributed by atoms with Gasteiger partial charge in [0.05, 0.1) is 5.75 Å². The van der Waals surface area contributed by atoms with Gasteiger partial charge in [0, 0.05) is 29.9 Å². The quantitative estimate of drug-likeness (QED) is 0.671. The van der Waals surface area contributed by atoms with E-state index in [1.165, 1.54) is 30.0 Å². The highest BCUT2D eigenvalue weighted by Gasteiger charge is 2.23. The van der Waals surface area contributed by atoms with E-state index in [0.29, 0.717) is 11.4 Å². The molecule has 1 aromatic heterocycles. The molecule has 0 aliphatic carbocycles. The number of nitrogens with one attached hydrogen (secondary N) is 1. The smallest absolute Gasteiger partial charge is 0.231 e. The number of carbonyl (C=O) groups excluding carboxylic acids is 1. The molecule has 2 aromatic carbocycles. The molecule has 1 amide bonds. The third-order valence-corrected chi connectivity index (χ3v) is 4.83. The molecule has 1 N–H and O–H groups in total. The Morgan fingerprint density at radius 1 is 1.19 bits per heavy atom. The molecule has 0 spiro atoms. The van der Waals surface area contributed by atoms with Crippen molar-refractivity contribution < 1.29 is 13.6 Å². The van der Waals surface area contributed by atoms with Crippen LogP contribution in [0.5, 0.6) is 0 Å². The maximum absolute atomic E-state index is 14.3. The number of carbonyl (C=O) groups is 1. The fourth-order valence-corrected chi connectivity index (χ4v) is 3.24. The standard InChI is InChI=1S/C19H17F2N3OS/c1-24-11-10-22-19(24)18(15-4-2-3-5-16(15)21)23-17(25)12-26-14-8-6-13(20)7-9-14/h2-11,18H,12H2,1H3,(H,23,25). The Balaban J connectivity index is 1.75. The molecule has 1 atom stereocenters. The second-order valence-electron chi connectivity index (χ2n) is 5.66. The molecule has 3 aromatic rings. The lowest BCUT2D eigenvalue weighted by Gasteiger charge is -2.19. The zero-order chi connectivity index (χ0) is 18.5. The number of thioether (sulfide) groups is 1. The number of amides is 1. The van der Waals surface area contributed by atoms with Gasteiger partial charge in [-0.25, -0.2) is 13.8 Å². The SMILES string of the molecule is Cn1ccnc1C(NC(=O)CSc1ccc(F)cc1)c1ccccc1F. The van der Waals surface area contributed by atoms with Gasteiger partial charge in [0.25, 0.3) is 0 Å². The van der Waals surface area contributed by atoms with E-state index in [-0.39, 0.29) is 17.5 Å². The van der Waals surface area contributed by atoms with E-state index in [4.69, 9.17) is 0 Å². The largest absolute Gasteiger partial charge is 0.341 e. The van der Waals surface area contributed by atoms with E-state index >= 15 is 0 Å². The number of aromatic nitrogens is 2. The highest BCUT2D eigenvalue weighted by atomic mass is 32.2. The van der Waals surface area contributed by atoms with E-state index in [1.807, 2.05) is 0 Å². The highest BCUT2D eigenvalue weighted by Crippen LogP contribution is 2.24. The van der Waals surface area contributed by atoms with Crippen molar-refractivity contribution in [3.63, 3.8) is 0 Å². The van der Waals surface area contributed by atoms with Gasteiger partial charge >= 0.3 is 0 Å². The van der Waals surface area contributed by atoms with Crippen molar-refractivity contribution in [2.24, 2.45) is 7.05 Å². The average molecular weight is 373 g/mol. The van der Waals surface area contributed by atoms with E-state index in [9.17, 15) is 13.6 Å². The molecule has 0 fully saturated rings. The number of nitrogens with zero attached hydrogens (tertiary/aromatic N) is 2. The zero-order valence-corrected chi connectivity index (χ0v) is 14.8. The molecular formula is C19H17F2N3OS. The average Bonchev–Trinajstić information content (AvgIpc) is 3.06. The van der Waals surface area contributed by atoms with Crippen LogP contribution >= 0.6 is 11.8 Å². The van der Waals surface area contributed by atoms with Gasteiger partial charge in [-0.15, -0.1) is 11.8 Å². The van der Waals surface area contributed by atoms with Crippen LogP contribution in [0, 0.1) is 11.6 Å². The van der Waals surface area contributed by atoms with E-state index in [0.717, 1.165) is 4.90 Å². The lowest BCUT2D eigenvalue weighted by atomic mass is 10.1. The van der Waals surface area contributed by atoms with Crippen molar-refractivity contribution in [3.05, 3.63) is 83.9 Å². The maximum atomic E-state index is 14.3. The Labute approximate surface area is 154 Å². The summed E-state index contributed by atoms with van der Waals surface area (Å²) in [5, 5.41) is 2.84. The van der Waals surface area contributed by atoms with Gasteiger partial charge in [0.1, 0.15) is 23.5 Å². The molecule has 1 heterocycles. The highest BCUT2D eigenvalue weighted by molar-refractivity contribution is 8.00. The van der Waals surface area contributed by atoms with Crippen LogP contribution in [0.4, 0.5) is 8.78 Å². The fraction of sp³-hybridized carbons (Fsp3) is 0.158. The minimum atomic E-state index is -0.697. The lowest BCUT2D eigenvalue weighted by molar-refractivity contribution is -0.119. The van der Waals surface area contributed by atoms with E-state index in [2.05, 4.69) is 10.3 Å². The van der Waals surface area contributed by atoms with Crippen molar-refractivity contribution in [3.8, 4) is 0 Å². The maximum Gasteiger partial charge on any atom is 0.231 e. The van der Waals surface area contributed by atoms with Crippen LogP contribution in [0.2, 0.25) is 0 Å². The molecular weight excluding hydrogens is 356 g/mol. The van der Waals surface area contributed by atoms with Crippen molar-refractivity contribution in [2.75, 3.05) is 5.75 Å². The molecule has 0 bridgehead atoms. The summed E-state index contributed by atoms with van der Waals surface area (Å²) in [6.07, 6.45) is 3.34. The van der Waals surface area contributed by atoms with Crippen LogP contribution in [0.25, 0.3) is 0 Å². The predicted molar refractivity (Wildman–Crippen MR) is 96.7 cm³/mol. The monoisotopic (exact) mass is 373 g/mol. The van der Waals surface area contributed by atoms with Crippen molar-refractivity contribution in [2.45, 2.75) is 10.9 Å². The molecule has 0 aliphatic heterocycles. The molecule has 4 nitrogen and oxygen atoms in total. The lowest BCUT2D eigenvalue weighted by Crippen LogP contribution is -2.32. The van der Waals surface area contributed by atoms with Crippen LogP contribution in [-0.2, 0) is 11.8 Å². The van der Waals surface area contributed by atoms with Gasteiger partial charge in [-0.3, -0.25) is 4.79 Å². The second kappa shape index (κ2) is 8.14. The number of halogens is 2. The van der Waals surface area contributed by atoms with Crippen molar-refractivity contribution in [1.82, 2.24) is 14.9 Å². The number of hydrogen-bond acceptors (Lipinski definition) is 3. The number of imidazole rings is 1. The number of rotatable bonds is 6. The number of hydrogen-bond donors (Lipinski definition) is 1. The molecule has 0 aliphatic rings. The van der Waals surface area contributed by atoms with Crippen LogP contribution in [-0.4, -0.2) is 21.2 Å². The predicted octanol–water partition coefficient (Wildman–Crippen LogP) is 3.70. The van der Waals surface area contributed by atoms with Crippen molar-refractivity contribution in [1.29, 1.82) is 0 Å². The molecule has 7 heteroatoms. The third kappa shape index (κ3) is 4.29. The van der Waals surface area contributed by atoms with Gasteiger partial charge in [-0.05, 0) is 30.3 Å². The Kier molecular flexibility index (Phi) is 5.68. The van der Waals surface area contributed by atoms with Gasteiger partial charge < -0.3 is 9.88 Å². The molecule has 1 unspecified atom stereocenters. The summed E-state index contributed by atoms with van der Waals surface area (Å²) in [7, 11) is 1.79. The van der Waals surface area contributed by atoms with Gasteiger partial charge in [0.2, 0.25) is 5.91 Å². The summed E-state index contributed by atoms with van der Waals surface area (Å²) >= 11 is 1.28. The first-order valence-corrected chi connectivity index (χ1v) is 8.92. The van der Waals surface area contributed by atoms with Gasteiger partial charge in [0.15, 0.2) is 0 Å². The molecule has 0 saturated heterocycles. The minimum absolute atomic E-state index is 0.126. The molecule has 0 radical (unpaired) electrons. The summed E-state index contributed by atoms with van der Waals surface area (Å²) in [4.78, 5) is 17.4. The van der Waals surface area contributed by atoms with Crippen LogP contribution in [0.15, 0.2) is 65.8 Å². The van der Waals surface area contributed by atoms with Crippen molar-refractivity contribution >= 4 is 17.7 Å². The molecule has 26 heavy (non-hydrogen) atoms. The Morgan fingerprint density at radius 3 is 2.58 bits per heavy atom. The summed E-state index contributed by atoms with van der Waals surface area (Å²) in [5.74, 6) is -0.341. The fourth-order valence-electron chi connectivity index (χ4n) is 2.53. The van der Waals surface area contributed by atoms with E-state index < -0.39 is 11.9 Å². The first-order valence-electron chi connectivity index (χ1n) is 7.94. The molecule has 134 valence electrons. The first kappa shape index (κ1) is 18.1. The molecule has 0 saturated carbocycles. The van der Waals surface area contributed by atoms with Gasteiger partial charge in [-0.1, -0.05) is 18.2 Å². The van der Waals surface area contributed by atoms with E-state index in [1.54, 1.807) is 54.3 Å².